The molecule has 11 aromatic rings. The van der Waals surface area contributed by atoms with Crippen LogP contribution in [0.3, 0.4) is 0 Å². The van der Waals surface area contributed by atoms with Gasteiger partial charge < -0.3 is 9.13 Å². The van der Waals surface area contributed by atoms with Crippen LogP contribution in [0, 0.1) is 0 Å². The highest BCUT2D eigenvalue weighted by Gasteiger charge is 2.24. The fraction of sp³-hybridized carbons (Fsp3) is 0. The fourth-order valence-corrected chi connectivity index (χ4v) is 7.92. The average molecular weight is 601 g/mol. The van der Waals surface area contributed by atoms with Gasteiger partial charge in [-0.1, -0.05) is 66.7 Å². The molecule has 0 N–H and O–H groups in total. The van der Waals surface area contributed by atoms with Gasteiger partial charge in [-0.05, 0) is 66.0 Å². The summed E-state index contributed by atoms with van der Waals surface area (Å²) in [7, 11) is 0. The summed E-state index contributed by atoms with van der Waals surface area (Å²) in [5.74, 6) is 0. The molecule has 11 rings (SSSR count). The Morgan fingerprint density at radius 1 is 0.426 bits per heavy atom. The molecule has 0 bridgehead atoms. The van der Waals surface area contributed by atoms with Crippen LogP contribution in [0.5, 0.6) is 0 Å². The summed E-state index contributed by atoms with van der Waals surface area (Å²) in [6, 6.07) is 45.4. The van der Waals surface area contributed by atoms with Crippen LogP contribution in [-0.4, -0.2) is 28.5 Å². The van der Waals surface area contributed by atoms with Gasteiger partial charge in [0.2, 0.25) is 0 Å². The van der Waals surface area contributed by atoms with E-state index in [1.165, 1.54) is 38.1 Å². The van der Waals surface area contributed by atoms with Crippen molar-refractivity contribution in [3.8, 4) is 11.4 Å². The summed E-state index contributed by atoms with van der Waals surface area (Å²) >= 11 is 0. The minimum absolute atomic E-state index is 0.732. The van der Waals surface area contributed by atoms with Crippen LogP contribution in [0.1, 0.15) is 0 Å². The van der Waals surface area contributed by atoms with Crippen LogP contribution in [0.25, 0.3) is 93.5 Å². The van der Waals surface area contributed by atoms with E-state index >= 15 is 0 Å². The van der Waals surface area contributed by atoms with Crippen molar-refractivity contribution in [2.45, 2.75) is 0 Å². The molecule has 6 heteroatoms. The van der Waals surface area contributed by atoms with E-state index in [1.54, 1.807) is 0 Å². The minimum Gasteiger partial charge on any atom is -0.309 e. The topological polar surface area (TPSA) is 52.9 Å². The van der Waals surface area contributed by atoms with E-state index in [-0.39, 0.29) is 0 Å². The number of rotatable bonds is 2. The highest BCUT2D eigenvalue weighted by atomic mass is 15.1. The molecule has 0 saturated heterocycles. The summed E-state index contributed by atoms with van der Waals surface area (Å²) in [5.41, 5.74) is 10.6. The number of fused-ring (bicyclic) bond motifs is 16. The van der Waals surface area contributed by atoms with E-state index < -0.39 is 0 Å². The van der Waals surface area contributed by atoms with E-state index in [0.29, 0.717) is 0 Å². The standard InChI is InChI=1S/C41H24N6/c1-3-10-25(11-4-1)45-31-15-8-7-14-28(31)37-34(45)20-18-29-36-33(46(39(29)37)26-12-5-2-6-13-26)19-17-27-30-24-42-23-21-32(30)47-35-16-9-22-43-40(35)44-41(47)38(27)36/h1-24H. The smallest absolute Gasteiger partial charge is 0.178 e. The SMILES string of the molecule is c1ccc(-n2c3ccccc3c3c2ccc2c4c5c(ccc4n(-c4ccccc4)c23)c2cnccc2n2c3cccnc3nc52)cc1. The highest BCUT2D eigenvalue weighted by molar-refractivity contribution is 6.34. The van der Waals surface area contributed by atoms with Gasteiger partial charge in [-0.15, -0.1) is 0 Å². The van der Waals surface area contributed by atoms with Crippen LogP contribution in [0.4, 0.5) is 0 Å². The molecule has 0 amide bonds. The third kappa shape index (κ3) is 3.16. The number of aromatic nitrogens is 6. The number of nitrogens with zero attached hydrogens (tertiary/aromatic N) is 6. The second-order valence-electron chi connectivity index (χ2n) is 12.1. The quantitative estimate of drug-likeness (QED) is 0.186. The molecule has 0 fully saturated rings. The van der Waals surface area contributed by atoms with E-state index in [4.69, 9.17) is 4.98 Å². The van der Waals surface area contributed by atoms with Crippen LogP contribution < -0.4 is 0 Å². The van der Waals surface area contributed by atoms with Gasteiger partial charge in [0.25, 0.3) is 0 Å². The number of hydrogen-bond acceptors (Lipinski definition) is 3. The summed E-state index contributed by atoms with van der Waals surface area (Å²) < 4.78 is 7.09. The molecule has 6 heterocycles. The Morgan fingerprint density at radius 2 is 1.13 bits per heavy atom. The van der Waals surface area contributed by atoms with Gasteiger partial charge in [-0.2, -0.15) is 0 Å². The van der Waals surface area contributed by atoms with Crippen molar-refractivity contribution in [3.63, 3.8) is 0 Å². The molecular formula is C41H24N6. The van der Waals surface area contributed by atoms with E-state index in [9.17, 15) is 0 Å². The first-order valence-electron chi connectivity index (χ1n) is 15.8. The van der Waals surface area contributed by atoms with Crippen molar-refractivity contribution in [3.05, 3.63) is 146 Å². The van der Waals surface area contributed by atoms with E-state index in [1.807, 2.05) is 24.7 Å². The van der Waals surface area contributed by atoms with Crippen molar-refractivity contribution in [2.75, 3.05) is 0 Å². The van der Waals surface area contributed by atoms with Crippen molar-refractivity contribution >= 4 is 82.1 Å². The van der Waals surface area contributed by atoms with Crippen LogP contribution in [0.2, 0.25) is 0 Å². The van der Waals surface area contributed by atoms with Gasteiger partial charge in [0.1, 0.15) is 5.65 Å². The zero-order valence-electron chi connectivity index (χ0n) is 25.0. The average Bonchev–Trinajstić information content (AvgIpc) is 3.80. The van der Waals surface area contributed by atoms with Gasteiger partial charge in [0, 0.05) is 62.3 Å². The molecule has 0 aliphatic carbocycles. The van der Waals surface area contributed by atoms with Crippen LogP contribution in [0.15, 0.2) is 146 Å². The fourth-order valence-electron chi connectivity index (χ4n) is 7.92. The molecule has 218 valence electrons. The zero-order valence-corrected chi connectivity index (χ0v) is 25.0. The molecule has 6 aromatic heterocycles. The molecule has 0 aliphatic rings. The molecular weight excluding hydrogens is 576 g/mol. The van der Waals surface area contributed by atoms with Gasteiger partial charge in [-0.25, -0.2) is 9.97 Å². The Balaban J connectivity index is 1.45. The molecule has 5 aromatic carbocycles. The van der Waals surface area contributed by atoms with Crippen LogP contribution >= 0.6 is 0 Å². The monoisotopic (exact) mass is 600 g/mol. The third-order valence-corrected chi connectivity index (χ3v) is 9.74. The van der Waals surface area contributed by atoms with Gasteiger partial charge >= 0.3 is 0 Å². The second kappa shape index (κ2) is 9.02. The molecule has 0 radical (unpaired) electrons. The Bertz CT molecular complexity index is 3060. The van der Waals surface area contributed by atoms with Crippen molar-refractivity contribution in [1.29, 1.82) is 0 Å². The molecule has 0 aliphatic heterocycles. The molecule has 6 nitrogen and oxygen atoms in total. The second-order valence-corrected chi connectivity index (χ2v) is 12.1. The lowest BCUT2D eigenvalue weighted by atomic mass is 10.0. The Hall–Kier alpha value is -6.53. The van der Waals surface area contributed by atoms with Gasteiger partial charge in [0.05, 0.1) is 33.1 Å². The minimum atomic E-state index is 0.732. The van der Waals surface area contributed by atoms with Gasteiger partial charge in [-0.3, -0.25) is 9.38 Å². The molecule has 0 unspecified atom stereocenters. The first-order chi connectivity index (χ1) is 23.4. The summed E-state index contributed by atoms with van der Waals surface area (Å²) in [4.78, 5) is 14.5. The summed E-state index contributed by atoms with van der Waals surface area (Å²) in [6.07, 6.45) is 5.65. The first-order valence-corrected chi connectivity index (χ1v) is 15.8. The largest absolute Gasteiger partial charge is 0.309 e. The summed E-state index contributed by atoms with van der Waals surface area (Å²) in [6.45, 7) is 0. The first kappa shape index (κ1) is 24.8. The normalized spacial score (nSPS) is 12.3. The predicted molar refractivity (Wildman–Crippen MR) is 192 cm³/mol. The third-order valence-electron chi connectivity index (χ3n) is 9.74. The summed E-state index contributed by atoms with van der Waals surface area (Å²) in [5, 5.41) is 8.12. The van der Waals surface area contributed by atoms with Crippen molar-refractivity contribution in [1.82, 2.24) is 28.5 Å². The Labute approximate surface area is 267 Å². The number of para-hydroxylation sites is 3. The molecule has 0 saturated carbocycles. The maximum Gasteiger partial charge on any atom is 0.178 e. The van der Waals surface area contributed by atoms with Crippen molar-refractivity contribution in [2.24, 2.45) is 0 Å². The Morgan fingerprint density at radius 3 is 1.96 bits per heavy atom. The predicted octanol–water partition coefficient (Wildman–Crippen LogP) is 9.78. The highest BCUT2D eigenvalue weighted by Crippen LogP contribution is 2.45. The number of benzene rings is 5. The maximum atomic E-state index is 5.21. The van der Waals surface area contributed by atoms with E-state index in [0.717, 1.165) is 55.4 Å². The lowest BCUT2D eigenvalue weighted by Gasteiger charge is -2.11. The molecule has 0 spiro atoms. The van der Waals surface area contributed by atoms with E-state index in [2.05, 4.69) is 145 Å². The van der Waals surface area contributed by atoms with Crippen LogP contribution in [-0.2, 0) is 0 Å². The molecule has 0 atom stereocenters. The number of hydrogen-bond donors (Lipinski definition) is 0. The maximum absolute atomic E-state index is 5.21. The van der Waals surface area contributed by atoms with Crippen molar-refractivity contribution < 1.29 is 0 Å². The number of imidazole rings is 1. The Kier molecular flexibility index (Phi) is 4.75. The zero-order chi connectivity index (χ0) is 30.6. The lowest BCUT2D eigenvalue weighted by Crippen LogP contribution is -1.95. The molecule has 47 heavy (non-hydrogen) atoms. The lowest BCUT2D eigenvalue weighted by molar-refractivity contribution is 1.17. The van der Waals surface area contributed by atoms with Gasteiger partial charge in [0.15, 0.2) is 5.65 Å². The number of pyridine rings is 3.